The van der Waals surface area contributed by atoms with Crippen LogP contribution in [0, 0.1) is 12.8 Å². The van der Waals surface area contributed by atoms with E-state index < -0.39 is 0 Å². The van der Waals surface area contributed by atoms with E-state index in [0.29, 0.717) is 48.6 Å². The number of fused-ring (bicyclic) bond motifs is 1. The van der Waals surface area contributed by atoms with E-state index in [9.17, 15) is 4.79 Å². The van der Waals surface area contributed by atoms with Gasteiger partial charge in [0.15, 0.2) is 17.2 Å². The fourth-order valence-corrected chi connectivity index (χ4v) is 3.05. The van der Waals surface area contributed by atoms with Crippen LogP contribution in [0.3, 0.4) is 0 Å². The standard InChI is InChI=1S/C17H21N5O3/c1-10-16(17(23)19-13(9-18)11-2-3-11)20-21-22(10)12-4-5-14-15(8-12)25-7-6-24-14/h4-5,8,11,13H,2-3,6-7,9,18H2,1H3,(H,19,23). The molecular weight excluding hydrogens is 322 g/mol. The van der Waals surface area contributed by atoms with E-state index in [-0.39, 0.29) is 11.9 Å². The minimum atomic E-state index is -0.233. The average Bonchev–Trinajstić information content (AvgIpc) is 3.41. The molecule has 1 saturated carbocycles. The number of rotatable bonds is 5. The highest BCUT2D eigenvalue weighted by molar-refractivity contribution is 5.93. The fourth-order valence-electron chi connectivity index (χ4n) is 3.05. The van der Waals surface area contributed by atoms with Gasteiger partial charge in [0.25, 0.3) is 5.91 Å². The highest BCUT2D eigenvalue weighted by Crippen LogP contribution is 2.33. The second-order valence-corrected chi connectivity index (χ2v) is 6.42. The number of nitrogens with two attached hydrogens (primary N) is 1. The molecule has 1 amide bonds. The third-order valence-corrected chi connectivity index (χ3v) is 4.64. The van der Waals surface area contributed by atoms with Gasteiger partial charge < -0.3 is 20.5 Å². The summed E-state index contributed by atoms with van der Waals surface area (Å²) < 4.78 is 12.8. The van der Waals surface area contributed by atoms with E-state index in [4.69, 9.17) is 15.2 Å². The first-order valence-corrected chi connectivity index (χ1v) is 8.50. The van der Waals surface area contributed by atoms with Gasteiger partial charge in [-0.2, -0.15) is 0 Å². The summed E-state index contributed by atoms with van der Waals surface area (Å²) in [6, 6.07) is 5.54. The smallest absolute Gasteiger partial charge is 0.274 e. The van der Waals surface area contributed by atoms with Crippen molar-refractivity contribution >= 4 is 5.91 Å². The van der Waals surface area contributed by atoms with Crippen LogP contribution in [0.1, 0.15) is 29.0 Å². The second kappa shape index (κ2) is 6.36. The van der Waals surface area contributed by atoms with Crippen LogP contribution in [-0.2, 0) is 0 Å². The number of hydrogen-bond donors (Lipinski definition) is 2. The van der Waals surface area contributed by atoms with Crippen molar-refractivity contribution in [3.63, 3.8) is 0 Å². The molecule has 0 spiro atoms. The molecule has 1 atom stereocenters. The maximum absolute atomic E-state index is 12.5. The monoisotopic (exact) mass is 343 g/mol. The zero-order chi connectivity index (χ0) is 17.4. The van der Waals surface area contributed by atoms with E-state index in [1.807, 2.05) is 25.1 Å². The predicted octanol–water partition coefficient (Wildman–Crippen LogP) is 0.814. The van der Waals surface area contributed by atoms with Crippen LogP contribution in [0.15, 0.2) is 18.2 Å². The summed E-state index contributed by atoms with van der Waals surface area (Å²) >= 11 is 0. The van der Waals surface area contributed by atoms with Crippen molar-refractivity contribution in [1.29, 1.82) is 0 Å². The molecule has 8 nitrogen and oxygen atoms in total. The summed E-state index contributed by atoms with van der Waals surface area (Å²) in [5.41, 5.74) is 7.51. The molecule has 0 saturated heterocycles. The molecule has 1 aromatic carbocycles. The molecular formula is C17H21N5O3. The summed E-state index contributed by atoms with van der Waals surface area (Å²) in [6.45, 7) is 3.32. The third-order valence-electron chi connectivity index (χ3n) is 4.64. The van der Waals surface area contributed by atoms with Crippen molar-refractivity contribution in [3.8, 4) is 17.2 Å². The molecule has 2 aliphatic rings. The molecule has 0 bridgehead atoms. The highest BCUT2D eigenvalue weighted by atomic mass is 16.6. The van der Waals surface area contributed by atoms with Crippen molar-refractivity contribution in [2.24, 2.45) is 11.7 Å². The molecule has 0 radical (unpaired) electrons. The summed E-state index contributed by atoms with van der Waals surface area (Å²) in [5.74, 6) is 1.63. The van der Waals surface area contributed by atoms with E-state index >= 15 is 0 Å². The molecule has 2 heterocycles. The number of carbonyl (C=O) groups excluding carboxylic acids is 1. The van der Waals surface area contributed by atoms with Gasteiger partial charge in [-0.25, -0.2) is 4.68 Å². The summed E-state index contributed by atoms with van der Waals surface area (Å²) in [6.07, 6.45) is 2.23. The van der Waals surface area contributed by atoms with Crippen molar-refractivity contribution in [3.05, 3.63) is 29.6 Å². The Morgan fingerprint density at radius 1 is 1.36 bits per heavy atom. The van der Waals surface area contributed by atoms with Crippen LogP contribution in [0.4, 0.5) is 0 Å². The second-order valence-electron chi connectivity index (χ2n) is 6.42. The Bertz CT molecular complexity index is 800. The van der Waals surface area contributed by atoms with Gasteiger partial charge in [-0.1, -0.05) is 5.21 Å². The quantitative estimate of drug-likeness (QED) is 0.833. The lowest BCUT2D eigenvalue weighted by Gasteiger charge is -2.19. The van der Waals surface area contributed by atoms with Crippen LogP contribution in [0.2, 0.25) is 0 Å². The predicted molar refractivity (Wildman–Crippen MR) is 90.1 cm³/mol. The van der Waals surface area contributed by atoms with Crippen molar-refractivity contribution < 1.29 is 14.3 Å². The first-order valence-electron chi connectivity index (χ1n) is 8.50. The van der Waals surface area contributed by atoms with Crippen molar-refractivity contribution in [1.82, 2.24) is 20.3 Å². The van der Waals surface area contributed by atoms with Crippen molar-refractivity contribution in [2.75, 3.05) is 19.8 Å². The summed E-state index contributed by atoms with van der Waals surface area (Å²) in [4.78, 5) is 12.5. The van der Waals surface area contributed by atoms with Crippen LogP contribution in [-0.4, -0.2) is 46.7 Å². The Hall–Kier alpha value is -2.61. The molecule has 25 heavy (non-hydrogen) atoms. The van der Waals surface area contributed by atoms with Gasteiger partial charge in [0.1, 0.15) is 13.2 Å². The molecule has 3 N–H and O–H groups in total. The van der Waals surface area contributed by atoms with Crippen LogP contribution in [0.25, 0.3) is 5.69 Å². The van der Waals surface area contributed by atoms with Crippen LogP contribution in [0.5, 0.6) is 11.5 Å². The molecule has 1 fully saturated rings. The Morgan fingerprint density at radius 3 is 2.84 bits per heavy atom. The number of nitrogens with zero attached hydrogens (tertiary/aromatic N) is 3. The Balaban J connectivity index is 1.57. The Labute approximate surface area is 145 Å². The molecule has 1 aliphatic heterocycles. The largest absolute Gasteiger partial charge is 0.486 e. The van der Waals surface area contributed by atoms with E-state index in [1.165, 1.54) is 0 Å². The lowest BCUT2D eigenvalue weighted by Crippen LogP contribution is -2.42. The minimum Gasteiger partial charge on any atom is -0.486 e. The lowest BCUT2D eigenvalue weighted by atomic mass is 10.2. The number of nitrogens with one attached hydrogen (secondary N) is 1. The zero-order valence-corrected chi connectivity index (χ0v) is 14.1. The van der Waals surface area contributed by atoms with E-state index in [2.05, 4.69) is 15.6 Å². The first-order chi connectivity index (χ1) is 12.2. The maximum Gasteiger partial charge on any atom is 0.274 e. The van der Waals surface area contributed by atoms with Gasteiger partial charge in [0.2, 0.25) is 0 Å². The number of amides is 1. The first kappa shape index (κ1) is 15.9. The number of hydrogen-bond acceptors (Lipinski definition) is 6. The molecule has 4 rings (SSSR count). The van der Waals surface area contributed by atoms with Crippen LogP contribution < -0.4 is 20.5 Å². The highest BCUT2D eigenvalue weighted by Gasteiger charge is 2.32. The minimum absolute atomic E-state index is 0.00587. The third kappa shape index (κ3) is 3.05. The molecule has 8 heteroatoms. The SMILES string of the molecule is Cc1c(C(=O)NC(CN)C2CC2)nnn1-c1ccc2c(c1)OCCO2. The van der Waals surface area contributed by atoms with Gasteiger partial charge in [-0.05, 0) is 37.8 Å². The number of benzene rings is 1. The van der Waals surface area contributed by atoms with Crippen LogP contribution >= 0.6 is 0 Å². The summed E-state index contributed by atoms with van der Waals surface area (Å²) in [5, 5.41) is 11.2. The topological polar surface area (TPSA) is 104 Å². The molecule has 2 aromatic rings. The number of carbonyl (C=O) groups is 1. The fraction of sp³-hybridized carbons (Fsp3) is 0.471. The number of ether oxygens (including phenoxy) is 2. The van der Waals surface area contributed by atoms with Gasteiger partial charge in [-0.3, -0.25) is 4.79 Å². The maximum atomic E-state index is 12.5. The molecule has 1 unspecified atom stereocenters. The molecule has 1 aromatic heterocycles. The number of aromatic nitrogens is 3. The van der Waals surface area contributed by atoms with Crippen molar-refractivity contribution in [2.45, 2.75) is 25.8 Å². The molecule has 1 aliphatic carbocycles. The molecule has 132 valence electrons. The van der Waals surface area contributed by atoms with Gasteiger partial charge in [0.05, 0.1) is 11.4 Å². The van der Waals surface area contributed by atoms with Gasteiger partial charge in [0, 0.05) is 18.7 Å². The van der Waals surface area contributed by atoms with E-state index in [0.717, 1.165) is 18.5 Å². The van der Waals surface area contributed by atoms with Gasteiger partial charge in [-0.15, -0.1) is 5.10 Å². The van der Waals surface area contributed by atoms with Gasteiger partial charge >= 0.3 is 0 Å². The van der Waals surface area contributed by atoms with E-state index in [1.54, 1.807) is 4.68 Å². The summed E-state index contributed by atoms with van der Waals surface area (Å²) in [7, 11) is 0. The Kier molecular flexibility index (Phi) is 4.04. The normalized spacial score (nSPS) is 17.2. The Morgan fingerprint density at radius 2 is 2.12 bits per heavy atom. The average molecular weight is 343 g/mol. The zero-order valence-electron chi connectivity index (χ0n) is 14.1. The lowest BCUT2D eigenvalue weighted by molar-refractivity contribution is 0.0927.